The Kier molecular flexibility index (Phi) is 3.88. The summed E-state index contributed by atoms with van der Waals surface area (Å²) in [7, 11) is 0. The van der Waals surface area contributed by atoms with E-state index in [9.17, 15) is 4.79 Å². The lowest BCUT2D eigenvalue weighted by molar-refractivity contribution is -0.124. The molecule has 1 saturated carbocycles. The van der Waals surface area contributed by atoms with E-state index in [-0.39, 0.29) is 11.4 Å². The van der Waals surface area contributed by atoms with Gasteiger partial charge in [-0.05, 0) is 53.6 Å². The van der Waals surface area contributed by atoms with Crippen LogP contribution in [-0.4, -0.2) is 5.91 Å². The van der Waals surface area contributed by atoms with Crippen molar-refractivity contribution in [2.45, 2.75) is 37.6 Å². The number of aryl methyl sites for hydroxylation is 1. The number of amides is 1. The molecule has 0 spiro atoms. The fourth-order valence-electron chi connectivity index (χ4n) is 2.80. The van der Waals surface area contributed by atoms with Crippen LogP contribution in [0.3, 0.4) is 0 Å². The van der Waals surface area contributed by atoms with Crippen LogP contribution < -0.4 is 5.32 Å². The monoisotopic (exact) mass is 285 g/mol. The fourth-order valence-corrected chi connectivity index (χ4v) is 3.50. The van der Waals surface area contributed by atoms with Gasteiger partial charge in [-0.2, -0.15) is 11.3 Å². The largest absolute Gasteiger partial charge is 0.347 e. The van der Waals surface area contributed by atoms with Gasteiger partial charge >= 0.3 is 0 Å². The van der Waals surface area contributed by atoms with Crippen LogP contribution in [0.25, 0.3) is 0 Å². The minimum atomic E-state index is -0.104. The van der Waals surface area contributed by atoms with E-state index in [1.807, 2.05) is 18.2 Å². The summed E-state index contributed by atoms with van der Waals surface area (Å²) in [6, 6.07) is 12.5. The van der Waals surface area contributed by atoms with Crippen LogP contribution in [-0.2, 0) is 16.8 Å². The lowest BCUT2D eigenvalue weighted by Gasteiger charge is -2.43. The van der Waals surface area contributed by atoms with Gasteiger partial charge in [-0.15, -0.1) is 0 Å². The standard InChI is InChI=1S/C17H19NOS/c19-16(8-7-14-9-12-20-13-14)18-17(10-4-11-17)15-5-2-1-3-6-15/h1-3,5-6,9,12-13H,4,7-8,10-11H2,(H,18,19). The molecular formula is C17H19NOS. The average molecular weight is 285 g/mol. The second-order valence-corrected chi connectivity index (χ2v) is 6.26. The first kappa shape index (κ1) is 13.4. The number of hydrogen-bond donors (Lipinski definition) is 1. The third kappa shape index (κ3) is 2.78. The normalized spacial score (nSPS) is 16.4. The smallest absolute Gasteiger partial charge is 0.221 e. The van der Waals surface area contributed by atoms with E-state index >= 15 is 0 Å². The first-order chi connectivity index (χ1) is 9.78. The molecule has 1 aromatic heterocycles. The topological polar surface area (TPSA) is 29.1 Å². The van der Waals surface area contributed by atoms with Gasteiger partial charge in [0.1, 0.15) is 0 Å². The van der Waals surface area contributed by atoms with Gasteiger partial charge in [0, 0.05) is 6.42 Å². The predicted molar refractivity (Wildman–Crippen MR) is 82.8 cm³/mol. The van der Waals surface area contributed by atoms with Gasteiger partial charge in [0.15, 0.2) is 0 Å². The number of benzene rings is 1. The number of thiophene rings is 1. The summed E-state index contributed by atoms with van der Waals surface area (Å²) >= 11 is 1.69. The summed E-state index contributed by atoms with van der Waals surface area (Å²) in [6.45, 7) is 0. The van der Waals surface area contributed by atoms with Crippen LogP contribution in [0.1, 0.15) is 36.8 Å². The van der Waals surface area contributed by atoms with E-state index in [0.717, 1.165) is 19.3 Å². The van der Waals surface area contributed by atoms with Gasteiger partial charge in [-0.3, -0.25) is 4.79 Å². The minimum absolute atomic E-state index is 0.104. The zero-order valence-corrected chi connectivity index (χ0v) is 12.3. The Labute approximate surface area is 123 Å². The van der Waals surface area contributed by atoms with Crippen LogP contribution in [0.2, 0.25) is 0 Å². The molecule has 1 heterocycles. The first-order valence-corrected chi connectivity index (χ1v) is 8.10. The Hall–Kier alpha value is -1.61. The highest BCUT2D eigenvalue weighted by Gasteiger charge is 2.39. The van der Waals surface area contributed by atoms with Crippen LogP contribution in [0.4, 0.5) is 0 Å². The van der Waals surface area contributed by atoms with Gasteiger partial charge in [0.25, 0.3) is 0 Å². The average Bonchev–Trinajstić information content (AvgIpc) is 2.95. The Bertz CT molecular complexity index is 558. The van der Waals surface area contributed by atoms with Gasteiger partial charge in [-0.25, -0.2) is 0 Å². The van der Waals surface area contributed by atoms with E-state index in [4.69, 9.17) is 0 Å². The molecule has 1 aliphatic rings. The molecule has 1 aromatic carbocycles. The molecular weight excluding hydrogens is 266 g/mol. The molecule has 1 aliphatic carbocycles. The SMILES string of the molecule is O=C(CCc1ccsc1)NC1(c2ccccc2)CCC1. The van der Waals surface area contributed by atoms with Crippen molar-refractivity contribution in [3.63, 3.8) is 0 Å². The van der Waals surface area contributed by atoms with Crippen LogP contribution in [0.5, 0.6) is 0 Å². The van der Waals surface area contributed by atoms with Gasteiger partial charge < -0.3 is 5.32 Å². The van der Waals surface area contributed by atoms with Crippen LogP contribution in [0.15, 0.2) is 47.2 Å². The third-order valence-corrected chi connectivity index (χ3v) is 4.87. The Morgan fingerprint density at radius 3 is 2.60 bits per heavy atom. The summed E-state index contributed by atoms with van der Waals surface area (Å²) < 4.78 is 0. The molecule has 104 valence electrons. The lowest BCUT2D eigenvalue weighted by Crippen LogP contribution is -2.50. The highest BCUT2D eigenvalue weighted by molar-refractivity contribution is 7.07. The molecule has 0 aliphatic heterocycles. The fraction of sp³-hybridized carbons (Fsp3) is 0.353. The second kappa shape index (κ2) is 5.80. The van der Waals surface area contributed by atoms with E-state index in [1.165, 1.54) is 17.5 Å². The van der Waals surface area contributed by atoms with Crippen molar-refractivity contribution < 1.29 is 4.79 Å². The van der Waals surface area contributed by atoms with E-state index in [0.29, 0.717) is 6.42 Å². The maximum atomic E-state index is 12.2. The van der Waals surface area contributed by atoms with Gasteiger partial charge in [0.05, 0.1) is 5.54 Å². The molecule has 1 fully saturated rings. The number of nitrogens with one attached hydrogen (secondary N) is 1. The van der Waals surface area contributed by atoms with Crippen LogP contribution in [0, 0.1) is 0 Å². The summed E-state index contributed by atoms with van der Waals surface area (Å²) in [6.07, 6.45) is 4.72. The van der Waals surface area contributed by atoms with Crippen molar-refractivity contribution in [3.05, 3.63) is 58.3 Å². The molecule has 0 bridgehead atoms. The number of carbonyl (C=O) groups excluding carboxylic acids is 1. The number of rotatable bonds is 5. The summed E-state index contributed by atoms with van der Waals surface area (Å²) in [5.74, 6) is 0.166. The molecule has 0 radical (unpaired) electrons. The van der Waals surface area contributed by atoms with Crippen molar-refractivity contribution in [3.8, 4) is 0 Å². The lowest BCUT2D eigenvalue weighted by atomic mass is 9.71. The number of hydrogen-bond acceptors (Lipinski definition) is 2. The van der Waals surface area contributed by atoms with Crippen molar-refractivity contribution in [1.29, 1.82) is 0 Å². The summed E-state index contributed by atoms with van der Waals surface area (Å²) in [5, 5.41) is 7.45. The Morgan fingerprint density at radius 2 is 2.00 bits per heavy atom. The van der Waals surface area contributed by atoms with E-state index in [2.05, 4.69) is 34.3 Å². The highest BCUT2D eigenvalue weighted by atomic mass is 32.1. The third-order valence-electron chi connectivity index (χ3n) is 4.13. The molecule has 0 saturated heterocycles. The van der Waals surface area contributed by atoms with Gasteiger partial charge in [0.2, 0.25) is 5.91 Å². The molecule has 0 unspecified atom stereocenters. The van der Waals surface area contributed by atoms with Crippen LogP contribution >= 0.6 is 11.3 Å². The summed E-state index contributed by atoms with van der Waals surface area (Å²) in [5.41, 5.74) is 2.40. The number of carbonyl (C=O) groups is 1. The summed E-state index contributed by atoms with van der Waals surface area (Å²) in [4.78, 5) is 12.2. The van der Waals surface area contributed by atoms with Crippen molar-refractivity contribution in [1.82, 2.24) is 5.32 Å². The first-order valence-electron chi connectivity index (χ1n) is 7.16. The molecule has 0 atom stereocenters. The second-order valence-electron chi connectivity index (χ2n) is 5.48. The zero-order chi connectivity index (χ0) is 13.8. The molecule has 3 heteroatoms. The minimum Gasteiger partial charge on any atom is -0.347 e. The Balaban J connectivity index is 1.62. The molecule has 20 heavy (non-hydrogen) atoms. The maximum absolute atomic E-state index is 12.2. The van der Waals surface area contributed by atoms with E-state index < -0.39 is 0 Å². The van der Waals surface area contributed by atoms with E-state index in [1.54, 1.807) is 11.3 Å². The maximum Gasteiger partial charge on any atom is 0.221 e. The van der Waals surface area contributed by atoms with Crippen molar-refractivity contribution in [2.75, 3.05) is 0 Å². The van der Waals surface area contributed by atoms with Crippen molar-refractivity contribution in [2.24, 2.45) is 0 Å². The molecule has 3 rings (SSSR count). The predicted octanol–water partition coefficient (Wildman–Crippen LogP) is 3.88. The highest BCUT2D eigenvalue weighted by Crippen LogP contribution is 2.41. The zero-order valence-electron chi connectivity index (χ0n) is 11.5. The molecule has 2 aromatic rings. The van der Waals surface area contributed by atoms with Gasteiger partial charge in [-0.1, -0.05) is 30.3 Å². The van der Waals surface area contributed by atoms with Crippen molar-refractivity contribution >= 4 is 17.2 Å². The Morgan fingerprint density at radius 1 is 1.20 bits per heavy atom. The molecule has 1 amide bonds. The molecule has 1 N–H and O–H groups in total. The quantitative estimate of drug-likeness (QED) is 0.887. The molecule has 2 nitrogen and oxygen atoms in total.